The Bertz CT molecular complexity index is 640. The molecule has 21 heavy (non-hydrogen) atoms. The summed E-state index contributed by atoms with van der Waals surface area (Å²) in [5.74, 6) is 0. The van der Waals surface area contributed by atoms with Crippen molar-refractivity contribution in [2.24, 2.45) is 0 Å². The van der Waals surface area contributed by atoms with E-state index in [9.17, 15) is 10.1 Å². The summed E-state index contributed by atoms with van der Waals surface area (Å²) in [6, 6.07) is 15.7. The second-order valence-corrected chi connectivity index (χ2v) is 5.45. The van der Waals surface area contributed by atoms with Crippen LogP contribution in [0.25, 0.3) is 0 Å². The molecule has 0 amide bonds. The molecule has 0 bridgehead atoms. The molecule has 0 saturated carbocycles. The zero-order chi connectivity index (χ0) is 14.7. The molecule has 0 heterocycles. The number of nitro benzene ring substituents is 1. The molecule has 0 saturated heterocycles. The van der Waals surface area contributed by atoms with Gasteiger partial charge in [-0.1, -0.05) is 36.4 Å². The third kappa shape index (κ3) is 3.11. The van der Waals surface area contributed by atoms with Gasteiger partial charge in [0, 0.05) is 24.7 Å². The fourth-order valence-electron chi connectivity index (χ4n) is 2.95. The molecule has 3 rings (SSSR count). The van der Waals surface area contributed by atoms with Crippen LogP contribution in [0.5, 0.6) is 0 Å². The first-order valence-electron chi connectivity index (χ1n) is 7.28. The van der Waals surface area contributed by atoms with Gasteiger partial charge in [0.25, 0.3) is 5.69 Å². The van der Waals surface area contributed by atoms with E-state index >= 15 is 0 Å². The van der Waals surface area contributed by atoms with Crippen molar-refractivity contribution in [2.45, 2.75) is 31.8 Å². The Kier molecular flexibility index (Phi) is 3.97. The van der Waals surface area contributed by atoms with Crippen molar-refractivity contribution in [3.8, 4) is 0 Å². The van der Waals surface area contributed by atoms with Crippen LogP contribution < -0.4 is 5.32 Å². The number of nitrogens with one attached hydrogen (secondary N) is 1. The Morgan fingerprint density at radius 1 is 1.19 bits per heavy atom. The standard InChI is InChI=1S/C17H18N2O2/c20-19(21)15-10-9-14-7-4-8-17(16(14)11-15)18-12-13-5-2-1-3-6-13/h1-3,5-6,9-11,17-18H,4,7-8,12H2. The number of fused-ring (bicyclic) bond motifs is 1. The van der Waals surface area contributed by atoms with Gasteiger partial charge < -0.3 is 5.32 Å². The van der Waals surface area contributed by atoms with Crippen LogP contribution in [0.2, 0.25) is 0 Å². The number of benzene rings is 2. The Morgan fingerprint density at radius 2 is 2.00 bits per heavy atom. The van der Waals surface area contributed by atoms with Crippen molar-refractivity contribution >= 4 is 5.69 Å². The number of nitro groups is 1. The Balaban J connectivity index is 1.79. The summed E-state index contributed by atoms with van der Waals surface area (Å²) in [4.78, 5) is 10.6. The molecule has 0 spiro atoms. The minimum Gasteiger partial charge on any atom is -0.306 e. The molecule has 1 aliphatic rings. The van der Waals surface area contributed by atoms with E-state index in [0.717, 1.165) is 31.4 Å². The molecular formula is C17H18N2O2. The van der Waals surface area contributed by atoms with Crippen LogP contribution in [0, 0.1) is 10.1 Å². The minimum atomic E-state index is -0.316. The van der Waals surface area contributed by atoms with E-state index in [1.165, 1.54) is 11.1 Å². The number of hydrogen-bond acceptors (Lipinski definition) is 3. The van der Waals surface area contributed by atoms with Crippen molar-refractivity contribution in [3.05, 3.63) is 75.3 Å². The van der Waals surface area contributed by atoms with Gasteiger partial charge in [0.05, 0.1) is 4.92 Å². The first-order chi connectivity index (χ1) is 10.2. The zero-order valence-electron chi connectivity index (χ0n) is 11.8. The fourth-order valence-corrected chi connectivity index (χ4v) is 2.95. The van der Waals surface area contributed by atoms with Crippen LogP contribution in [0.4, 0.5) is 5.69 Å². The fraction of sp³-hybridized carbons (Fsp3) is 0.294. The summed E-state index contributed by atoms with van der Waals surface area (Å²) in [5, 5.41) is 14.5. The predicted molar refractivity (Wildman–Crippen MR) is 82.1 cm³/mol. The molecule has 108 valence electrons. The number of rotatable bonds is 4. The first-order valence-corrected chi connectivity index (χ1v) is 7.28. The molecule has 0 fully saturated rings. The maximum Gasteiger partial charge on any atom is 0.269 e. The molecule has 0 aliphatic heterocycles. The van der Waals surface area contributed by atoms with E-state index < -0.39 is 0 Å². The quantitative estimate of drug-likeness (QED) is 0.686. The molecule has 1 unspecified atom stereocenters. The highest BCUT2D eigenvalue weighted by Gasteiger charge is 2.22. The second kappa shape index (κ2) is 6.06. The summed E-state index contributed by atoms with van der Waals surface area (Å²) in [6.07, 6.45) is 3.16. The molecule has 2 aromatic carbocycles. The largest absolute Gasteiger partial charge is 0.306 e. The van der Waals surface area contributed by atoms with Gasteiger partial charge >= 0.3 is 0 Å². The van der Waals surface area contributed by atoms with Crippen LogP contribution in [0.15, 0.2) is 48.5 Å². The molecule has 0 radical (unpaired) electrons. The molecule has 1 N–H and O–H groups in total. The lowest BCUT2D eigenvalue weighted by Crippen LogP contribution is -2.25. The van der Waals surface area contributed by atoms with Gasteiger partial charge in [-0.3, -0.25) is 10.1 Å². The van der Waals surface area contributed by atoms with E-state index in [1.54, 1.807) is 12.1 Å². The highest BCUT2D eigenvalue weighted by atomic mass is 16.6. The lowest BCUT2D eigenvalue weighted by Gasteiger charge is -2.26. The third-order valence-corrected chi connectivity index (χ3v) is 4.05. The van der Waals surface area contributed by atoms with Gasteiger partial charge in [0.2, 0.25) is 0 Å². The van der Waals surface area contributed by atoms with Crippen LogP contribution >= 0.6 is 0 Å². The molecule has 4 heteroatoms. The highest BCUT2D eigenvalue weighted by molar-refractivity contribution is 5.42. The maximum atomic E-state index is 11.0. The van der Waals surface area contributed by atoms with E-state index in [2.05, 4.69) is 17.4 Å². The van der Waals surface area contributed by atoms with Crippen molar-refractivity contribution in [1.82, 2.24) is 5.32 Å². The van der Waals surface area contributed by atoms with E-state index in [4.69, 9.17) is 0 Å². The van der Waals surface area contributed by atoms with Gasteiger partial charge in [-0.15, -0.1) is 0 Å². The summed E-state index contributed by atoms with van der Waals surface area (Å²) >= 11 is 0. The highest BCUT2D eigenvalue weighted by Crippen LogP contribution is 2.32. The van der Waals surface area contributed by atoms with Crippen molar-refractivity contribution < 1.29 is 4.92 Å². The number of hydrogen-bond donors (Lipinski definition) is 1. The van der Waals surface area contributed by atoms with Crippen molar-refractivity contribution in [2.75, 3.05) is 0 Å². The molecule has 0 aromatic heterocycles. The molecule has 4 nitrogen and oxygen atoms in total. The molecular weight excluding hydrogens is 264 g/mol. The average molecular weight is 282 g/mol. The Labute approximate surface area is 124 Å². The van der Waals surface area contributed by atoms with Gasteiger partial charge in [-0.25, -0.2) is 0 Å². The SMILES string of the molecule is O=[N+]([O-])c1ccc2c(c1)C(NCc1ccccc1)CCC2. The normalized spacial score (nSPS) is 17.2. The molecule has 2 aromatic rings. The van der Waals surface area contributed by atoms with Gasteiger partial charge in [0.1, 0.15) is 0 Å². The van der Waals surface area contributed by atoms with Crippen LogP contribution in [0.1, 0.15) is 35.6 Å². The smallest absolute Gasteiger partial charge is 0.269 e. The lowest BCUT2D eigenvalue weighted by molar-refractivity contribution is -0.385. The molecule has 1 aliphatic carbocycles. The van der Waals surface area contributed by atoms with Crippen LogP contribution in [-0.4, -0.2) is 4.92 Å². The summed E-state index contributed by atoms with van der Waals surface area (Å²) in [5.41, 5.74) is 3.74. The van der Waals surface area contributed by atoms with Gasteiger partial charge in [0.15, 0.2) is 0 Å². The van der Waals surface area contributed by atoms with Crippen LogP contribution in [0.3, 0.4) is 0 Å². The van der Waals surface area contributed by atoms with Crippen molar-refractivity contribution in [1.29, 1.82) is 0 Å². The Hall–Kier alpha value is -2.20. The number of non-ortho nitro benzene ring substituents is 1. The van der Waals surface area contributed by atoms with E-state index in [-0.39, 0.29) is 16.7 Å². The van der Waals surface area contributed by atoms with Gasteiger partial charge in [-0.2, -0.15) is 0 Å². The third-order valence-electron chi connectivity index (χ3n) is 4.05. The zero-order valence-corrected chi connectivity index (χ0v) is 11.8. The average Bonchev–Trinajstić information content (AvgIpc) is 2.53. The topological polar surface area (TPSA) is 55.2 Å². The van der Waals surface area contributed by atoms with Crippen molar-refractivity contribution in [3.63, 3.8) is 0 Å². The number of nitrogens with zero attached hydrogens (tertiary/aromatic N) is 1. The summed E-state index contributed by atoms with van der Waals surface area (Å²) in [7, 11) is 0. The van der Waals surface area contributed by atoms with Gasteiger partial charge in [-0.05, 0) is 36.0 Å². The van der Waals surface area contributed by atoms with Crippen LogP contribution in [-0.2, 0) is 13.0 Å². The summed E-state index contributed by atoms with van der Waals surface area (Å²) in [6.45, 7) is 0.785. The first kappa shape index (κ1) is 13.8. The lowest BCUT2D eigenvalue weighted by atomic mass is 9.87. The van der Waals surface area contributed by atoms with E-state index in [1.807, 2.05) is 24.3 Å². The second-order valence-electron chi connectivity index (χ2n) is 5.45. The maximum absolute atomic E-state index is 11.0. The molecule has 1 atom stereocenters. The predicted octanol–water partition coefficient (Wildman–Crippen LogP) is 3.76. The number of aryl methyl sites for hydroxylation is 1. The minimum absolute atomic E-state index is 0.183. The Morgan fingerprint density at radius 3 is 2.76 bits per heavy atom. The monoisotopic (exact) mass is 282 g/mol. The van der Waals surface area contributed by atoms with E-state index in [0.29, 0.717) is 0 Å². The summed E-state index contributed by atoms with van der Waals surface area (Å²) < 4.78 is 0.